The summed E-state index contributed by atoms with van der Waals surface area (Å²) in [7, 11) is 1.58. The highest BCUT2D eigenvalue weighted by molar-refractivity contribution is 5.78. The molecule has 2 aliphatic rings. The van der Waals surface area contributed by atoms with Crippen molar-refractivity contribution in [1.82, 2.24) is 0 Å². The second kappa shape index (κ2) is 8.40. The molecule has 1 spiro atoms. The minimum absolute atomic E-state index is 0.177. The summed E-state index contributed by atoms with van der Waals surface area (Å²) in [6, 6.07) is 16.9. The maximum absolute atomic E-state index is 14.9. The van der Waals surface area contributed by atoms with E-state index < -0.39 is 5.97 Å². The minimum atomic E-state index is -0.708. The smallest absolute Gasteiger partial charge is 0.307 e. The SMILES string of the molecule is COc1ccc(F)c(-c2cc(COc3ccc4c(c3)C3(CC4)CC3C(=O)O)ccc2C(C)(C)C)c1. The van der Waals surface area contributed by atoms with Crippen molar-refractivity contribution >= 4 is 5.97 Å². The molecule has 1 fully saturated rings. The number of carboxylic acids is 1. The van der Waals surface area contributed by atoms with Crippen LogP contribution in [0.3, 0.4) is 0 Å². The second-order valence-electron chi connectivity index (χ2n) is 10.8. The summed E-state index contributed by atoms with van der Waals surface area (Å²) in [5, 5.41) is 9.51. The van der Waals surface area contributed by atoms with Gasteiger partial charge < -0.3 is 14.6 Å². The fourth-order valence-corrected chi connectivity index (χ4v) is 5.58. The maximum Gasteiger partial charge on any atom is 0.307 e. The van der Waals surface area contributed by atoms with E-state index >= 15 is 0 Å². The molecular formula is C30H31FO4. The molecule has 5 rings (SSSR count). The third-order valence-electron chi connectivity index (χ3n) is 7.59. The molecule has 0 aromatic heterocycles. The standard InChI is InChI=1S/C30H31FO4/c1-29(2,3)24-9-5-18(13-22(24)23-14-20(34-4)8-10-27(23)31)17-35-21-7-6-19-11-12-30(25(19)15-21)16-26(30)28(32)33/h5-10,13-15,26H,11-12,16-17H2,1-4H3,(H,32,33). The first-order chi connectivity index (χ1) is 16.6. The first-order valence-corrected chi connectivity index (χ1v) is 12.1. The van der Waals surface area contributed by atoms with Gasteiger partial charge in [0.25, 0.3) is 0 Å². The normalized spacial score (nSPS) is 20.5. The molecule has 35 heavy (non-hydrogen) atoms. The average molecular weight is 475 g/mol. The molecular weight excluding hydrogens is 443 g/mol. The lowest BCUT2D eigenvalue weighted by Crippen LogP contribution is -2.14. The largest absolute Gasteiger partial charge is 0.497 e. The summed E-state index contributed by atoms with van der Waals surface area (Å²) in [4.78, 5) is 11.6. The van der Waals surface area contributed by atoms with Gasteiger partial charge in [-0.25, -0.2) is 4.39 Å². The van der Waals surface area contributed by atoms with Crippen LogP contribution in [0.5, 0.6) is 11.5 Å². The van der Waals surface area contributed by atoms with Crippen molar-refractivity contribution in [3.63, 3.8) is 0 Å². The van der Waals surface area contributed by atoms with E-state index in [0.717, 1.165) is 40.8 Å². The van der Waals surface area contributed by atoms with Crippen LogP contribution in [0.4, 0.5) is 4.39 Å². The molecule has 2 aliphatic carbocycles. The predicted molar refractivity (Wildman–Crippen MR) is 134 cm³/mol. The molecule has 1 saturated carbocycles. The molecule has 0 radical (unpaired) electrons. The lowest BCUT2D eigenvalue weighted by atomic mass is 9.81. The topological polar surface area (TPSA) is 55.8 Å². The van der Waals surface area contributed by atoms with Gasteiger partial charge in [0.1, 0.15) is 23.9 Å². The Balaban J connectivity index is 1.43. The Labute approximate surface area is 205 Å². The molecule has 5 heteroatoms. The van der Waals surface area contributed by atoms with E-state index in [4.69, 9.17) is 9.47 Å². The monoisotopic (exact) mass is 474 g/mol. The van der Waals surface area contributed by atoms with E-state index in [1.165, 1.54) is 11.6 Å². The van der Waals surface area contributed by atoms with Crippen molar-refractivity contribution in [2.24, 2.45) is 5.92 Å². The van der Waals surface area contributed by atoms with Crippen LogP contribution in [0.15, 0.2) is 54.6 Å². The van der Waals surface area contributed by atoms with Crippen LogP contribution in [0.25, 0.3) is 11.1 Å². The number of aryl methyl sites for hydroxylation is 1. The maximum atomic E-state index is 14.9. The molecule has 1 N–H and O–H groups in total. The number of carbonyl (C=O) groups is 1. The fraction of sp³-hybridized carbons (Fsp3) is 0.367. The van der Waals surface area contributed by atoms with Crippen LogP contribution < -0.4 is 9.47 Å². The Morgan fingerprint density at radius 2 is 1.83 bits per heavy atom. The van der Waals surface area contributed by atoms with Crippen molar-refractivity contribution in [2.75, 3.05) is 7.11 Å². The van der Waals surface area contributed by atoms with Gasteiger partial charge in [-0.05, 0) is 88.9 Å². The molecule has 3 aromatic carbocycles. The first kappa shape index (κ1) is 23.4. The number of fused-ring (bicyclic) bond motifs is 2. The van der Waals surface area contributed by atoms with Crippen LogP contribution in [-0.4, -0.2) is 18.2 Å². The number of benzene rings is 3. The van der Waals surface area contributed by atoms with Crippen LogP contribution in [-0.2, 0) is 28.7 Å². The van der Waals surface area contributed by atoms with Gasteiger partial charge in [-0.1, -0.05) is 39.0 Å². The third kappa shape index (κ3) is 4.18. The quantitative estimate of drug-likeness (QED) is 0.434. The van der Waals surface area contributed by atoms with Crippen LogP contribution in [0.1, 0.15) is 55.9 Å². The molecule has 0 bridgehead atoms. The van der Waals surface area contributed by atoms with E-state index in [1.807, 2.05) is 30.3 Å². The zero-order chi connectivity index (χ0) is 25.0. The zero-order valence-electron chi connectivity index (χ0n) is 20.7. The third-order valence-corrected chi connectivity index (χ3v) is 7.59. The van der Waals surface area contributed by atoms with Crippen molar-refractivity contribution in [3.8, 4) is 22.6 Å². The molecule has 2 atom stereocenters. The molecule has 3 aromatic rings. The number of hydrogen-bond acceptors (Lipinski definition) is 3. The number of rotatable bonds is 6. The number of methoxy groups -OCH3 is 1. The van der Waals surface area contributed by atoms with Crippen LogP contribution in [0.2, 0.25) is 0 Å². The molecule has 0 aliphatic heterocycles. The van der Waals surface area contributed by atoms with Gasteiger partial charge in [0.15, 0.2) is 0 Å². The van der Waals surface area contributed by atoms with Crippen LogP contribution >= 0.6 is 0 Å². The number of aliphatic carboxylic acids is 1. The average Bonchev–Trinajstić information content (AvgIpc) is 3.46. The Morgan fingerprint density at radius 1 is 1.06 bits per heavy atom. The van der Waals surface area contributed by atoms with E-state index in [0.29, 0.717) is 24.3 Å². The molecule has 4 nitrogen and oxygen atoms in total. The number of carboxylic acid groups (broad SMARTS) is 1. The Hall–Kier alpha value is -3.34. The van der Waals surface area contributed by atoms with Crippen molar-refractivity contribution in [3.05, 3.63) is 82.7 Å². The highest BCUT2D eigenvalue weighted by Gasteiger charge is 2.61. The predicted octanol–water partition coefficient (Wildman–Crippen LogP) is 6.67. The van der Waals surface area contributed by atoms with E-state index in [9.17, 15) is 14.3 Å². The number of hydrogen-bond donors (Lipinski definition) is 1. The lowest BCUT2D eigenvalue weighted by molar-refractivity contribution is -0.139. The summed E-state index contributed by atoms with van der Waals surface area (Å²) < 4.78 is 26.4. The first-order valence-electron chi connectivity index (χ1n) is 12.1. The summed E-state index contributed by atoms with van der Waals surface area (Å²) in [6.45, 7) is 6.67. The Bertz CT molecular complexity index is 1310. The highest BCUT2D eigenvalue weighted by Crippen LogP contribution is 2.62. The van der Waals surface area contributed by atoms with Gasteiger partial charge in [-0.3, -0.25) is 4.79 Å². The zero-order valence-corrected chi connectivity index (χ0v) is 20.7. The number of ether oxygens (including phenoxy) is 2. The van der Waals surface area contributed by atoms with E-state index in [2.05, 4.69) is 26.8 Å². The minimum Gasteiger partial charge on any atom is -0.497 e. The summed E-state index contributed by atoms with van der Waals surface area (Å²) in [5.74, 6) is 0.0465. The van der Waals surface area contributed by atoms with Crippen molar-refractivity contribution < 1.29 is 23.8 Å². The van der Waals surface area contributed by atoms with E-state index in [1.54, 1.807) is 19.2 Å². The lowest BCUT2D eigenvalue weighted by Gasteiger charge is -2.24. The molecule has 182 valence electrons. The van der Waals surface area contributed by atoms with Gasteiger partial charge in [0, 0.05) is 11.0 Å². The molecule has 0 heterocycles. The highest BCUT2D eigenvalue weighted by atomic mass is 19.1. The van der Waals surface area contributed by atoms with Gasteiger partial charge in [0.2, 0.25) is 0 Å². The Morgan fingerprint density at radius 3 is 2.51 bits per heavy atom. The van der Waals surface area contributed by atoms with Gasteiger partial charge in [-0.15, -0.1) is 0 Å². The van der Waals surface area contributed by atoms with Gasteiger partial charge >= 0.3 is 5.97 Å². The molecule has 0 amide bonds. The Kier molecular flexibility index (Phi) is 5.62. The summed E-state index contributed by atoms with van der Waals surface area (Å²) in [5.41, 5.74) is 5.27. The number of halogens is 1. The van der Waals surface area contributed by atoms with Crippen LogP contribution in [0, 0.1) is 11.7 Å². The van der Waals surface area contributed by atoms with Crippen molar-refractivity contribution in [1.29, 1.82) is 0 Å². The summed E-state index contributed by atoms with van der Waals surface area (Å²) in [6.07, 6.45) is 2.53. The van der Waals surface area contributed by atoms with Crippen molar-refractivity contribution in [2.45, 2.75) is 57.5 Å². The second-order valence-corrected chi connectivity index (χ2v) is 10.8. The van der Waals surface area contributed by atoms with Gasteiger partial charge in [0.05, 0.1) is 13.0 Å². The molecule has 0 saturated heterocycles. The molecule has 2 unspecified atom stereocenters. The van der Waals surface area contributed by atoms with Gasteiger partial charge in [-0.2, -0.15) is 0 Å². The van der Waals surface area contributed by atoms with E-state index in [-0.39, 0.29) is 22.6 Å². The fourth-order valence-electron chi connectivity index (χ4n) is 5.58. The summed E-state index contributed by atoms with van der Waals surface area (Å²) >= 11 is 0.